The Morgan fingerprint density at radius 2 is 1.90 bits per heavy atom. The fraction of sp³-hybridized carbons (Fsp3) is 0.312. The average Bonchev–Trinajstić information content (AvgIpc) is 2.50. The topological polar surface area (TPSA) is 48.1 Å². The van der Waals surface area contributed by atoms with Crippen molar-refractivity contribution in [3.8, 4) is 0 Å². The molecule has 1 heterocycles. The Morgan fingerprint density at radius 1 is 1.10 bits per heavy atom. The number of pyridine rings is 1. The van der Waals surface area contributed by atoms with Gasteiger partial charge in [0.1, 0.15) is 5.82 Å². The molecule has 4 heteroatoms. The van der Waals surface area contributed by atoms with Crippen molar-refractivity contribution < 1.29 is 9.13 Å². The molecule has 0 amide bonds. The van der Waals surface area contributed by atoms with E-state index in [1.54, 1.807) is 24.5 Å². The summed E-state index contributed by atoms with van der Waals surface area (Å²) in [6.45, 7) is 1.31. The number of nitrogens with two attached hydrogens (primary N) is 1. The molecule has 20 heavy (non-hydrogen) atoms. The second kappa shape index (κ2) is 7.72. The summed E-state index contributed by atoms with van der Waals surface area (Å²) in [6.07, 6.45) is 5.41. The molecule has 0 aliphatic rings. The van der Waals surface area contributed by atoms with Crippen LogP contribution in [-0.2, 0) is 24.3 Å². The van der Waals surface area contributed by atoms with E-state index in [-0.39, 0.29) is 12.4 Å². The van der Waals surface area contributed by atoms with Crippen LogP contribution >= 0.6 is 0 Å². The minimum absolute atomic E-state index is 0.240. The van der Waals surface area contributed by atoms with Gasteiger partial charge in [-0.15, -0.1) is 0 Å². The van der Waals surface area contributed by atoms with Gasteiger partial charge in [-0.25, -0.2) is 4.39 Å². The summed E-state index contributed by atoms with van der Waals surface area (Å²) in [7, 11) is 0. The van der Waals surface area contributed by atoms with Gasteiger partial charge in [0.15, 0.2) is 0 Å². The molecule has 0 fully saturated rings. The van der Waals surface area contributed by atoms with Gasteiger partial charge in [0, 0.05) is 31.1 Å². The Labute approximate surface area is 118 Å². The van der Waals surface area contributed by atoms with E-state index in [0.29, 0.717) is 18.7 Å². The van der Waals surface area contributed by atoms with Crippen LogP contribution < -0.4 is 5.73 Å². The number of hydrogen-bond donors (Lipinski definition) is 1. The lowest BCUT2D eigenvalue weighted by atomic mass is 10.1. The third-order valence-electron chi connectivity index (χ3n) is 3.11. The number of benzene rings is 1. The zero-order chi connectivity index (χ0) is 14.2. The highest BCUT2D eigenvalue weighted by atomic mass is 19.1. The fourth-order valence-corrected chi connectivity index (χ4v) is 1.98. The molecule has 0 aliphatic carbocycles. The van der Waals surface area contributed by atoms with Crippen molar-refractivity contribution in [2.45, 2.75) is 26.0 Å². The Hall–Kier alpha value is -1.78. The van der Waals surface area contributed by atoms with Crippen LogP contribution in [0, 0.1) is 5.82 Å². The van der Waals surface area contributed by atoms with Gasteiger partial charge in [0.05, 0.1) is 6.61 Å². The van der Waals surface area contributed by atoms with Crippen molar-refractivity contribution in [2.24, 2.45) is 5.73 Å². The Bertz CT molecular complexity index is 531. The van der Waals surface area contributed by atoms with Gasteiger partial charge in [-0.3, -0.25) is 4.98 Å². The van der Waals surface area contributed by atoms with Gasteiger partial charge in [-0.2, -0.15) is 0 Å². The minimum Gasteiger partial charge on any atom is -0.377 e. The monoisotopic (exact) mass is 274 g/mol. The number of ether oxygens (including phenoxy) is 1. The molecule has 0 aliphatic heterocycles. The highest BCUT2D eigenvalue weighted by molar-refractivity contribution is 5.24. The van der Waals surface area contributed by atoms with Crippen molar-refractivity contribution in [3.05, 3.63) is 65.2 Å². The first kappa shape index (κ1) is 14.6. The Balaban J connectivity index is 1.73. The van der Waals surface area contributed by atoms with Crippen LogP contribution in [0.4, 0.5) is 4.39 Å². The van der Waals surface area contributed by atoms with E-state index in [1.807, 2.05) is 12.1 Å². The Morgan fingerprint density at radius 3 is 2.65 bits per heavy atom. The molecule has 106 valence electrons. The third kappa shape index (κ3) is 4.40. The summed E-state index contributed by atoms with van der Waals surface area (Å²) in [6, 6.07) is 8.88. The van der Waals surface area contributed by atoms with Gasteiger partial charge in [-0.1, -0.05) is 6.07 Å². The number of rotatable bonds is 7. The second-order valence-corrected chi connectivity index (χ2v) is 4.64. The summed E-state index contributed by atoms with van der Waals surface area (Å²) in [5.41, 5.74) is 8.26. The highest BCUT2D eigenvalue weighted by Gasteiger charge is 2.03. The van der Waals surface area contributed by atoms with Crippen LogP contribution in [0.3, 0.4) is 0 Å². The molecule has 0 saturated carbocycles. The zero-order valence-electron chi connectivity index (χ0n) is 11.4. The quantitative estimate of drug-likeness (QED) is 0.790. The molecular weight excluding hydrogens is 255 g/mol. The van der Waals surface area contributed by atoms with Crippen molar-refractivity contribution in [3.63, 3.8) is 0 Å². The normalized spacial score (nSPS) is 10.7. The first-order chi connectivity index (χ1) is 9.79. The van der Waals surface area contributed by atoms with E-state index >= 15 is 0 Å². The number of aromatic nitrogens is 1. The van der Waals surface area contributed by atoms with E-state index < -0.39 is 0 Å². The molecule has 2 aromatic rings. The van der Waals surface area contributed by atoms with Crippen molar-refractivity contribution in [1.29, 1.82) is 0 Å². The standard InChI is InChI=1S/C16H19FN2O/c17-16-4-3-14(11-18)10-15(16)12-20-9-1-2-13-5-7-19-8-6-13/h3-8,10H,1-2,9,11-12,18H2. The minimum atomic E-state index is -0.240. The molecular formula is C16H19FN2O. The molecule has 0 saturated heterocycles. The lowest BCUT2D eigenvalue weighted by Crippen LogP contribution is -2.02. The van der Waals surface area contributed by atoms with Crippen LogP contribution in [0.25, 0.3) is 0 Å². The van der Waals surface area contributed by atoms with Crippen LogP contribution in [0.5, 0.6) is 0 Å². The van der Waals surface area contributed by atoms with Crippen LogP contribution in [0.15, 0.2) is 42.7 Å². The van der Waals surface area contributed by atoms with E-state index in [1.165, 1.54) is 11.6 Å². The SMILES string of the molecule is NCc1ccc(F)c(COCCCc2ccncc2)c1. The third-order valence-corrected chi connectivity index (χ3v) is 3.11. The second-order valence-electron chi connectivity index (χ2n) is 4.64. The molecule has 0 bridgehead atoms. The Kier molecular flexibility index (Phi) is 5.65. The largest absolute Gasteiger partial charge is 0.377 e. The van der Waals surface area contributed by atoms with E-state index in [0.717, 1.165) is 18.4 Å². The predicted octanol–water partition coefficient (Wildman–Crippen LogP) is 2.83. The molecule has 0 unspecified atom stereocenters. The smallest absolute Gasteiger partial charge is 0.128 e. The summed E-state index contributed by atoms with van der Waals surface area (Å²) in [4.78, 5) is 3.97. The van der Waals surface area contributed by atoms with Gasteiger partial charge in [-0.05, 0) is 48.2 Å². The van der Waals surface area contributed by atoms with Crippen LogP contribution in [0.2, 0.25) is 0 Å². The van der Waals surface area contributed by atoms with E-state index in [9.17, 15) is 4.39 Å². The van der Waals surface area contributed by atoms with Gasteiger partial charge in [0.2, 0.25) is 0 Å². The lowest BCUT2D eigenvalue weighted by molar-refractivity contribution is 0.116. The summed E-state index contributed by atoms with van der Waals surface area (Å²) in [5.74, 6) is -0.240. The van der Waals surface area contributed by atoms with Crippen molar-refractivity contribution in [2.75, 3.05) is 6.61 Å². The maximum Gasteiger partial charge on any atom is 0.128 e. The first-order valence-electron chi connectivity index (χ1n) is 6.73. The number of nitrogens with zero attached hydrogens (tertiary/aromatic N) is 1. The molecule has 2 N–H and O–H groups in total. The average molecular weight is 274 g/mol. The van der Waals surface area contributed by atoms with Gasteiger partial charge in [0.25, 0.3) is 0 Å². The van der Waals surface area contributed by atoms with E-state index in [2.05, 4.69) is 4.98 Å². The molecule has 3 nitrogen and oxygen atoms in total. The van der Waals surface area contributed by atoms with Gasteiger partial charge >= 0.3 is 0 Å². The fourth-order valence-electron chi connectivity index (χ4n) is 1.98. The molecule has 1 aromatic heterocycles. The molecule has 0 spiro atoms. The highest BCUT2D eigenvalue weighted by Crippen LogP contribution is 2.12. The van der Waals surface area contributed by atoms with E-state index in [4.69, 9.17) is 10.5 Å². The summed E-state index contributed by atoms with van der Waals surface area (Å²) >= 11 is 0. The van der Waals surface area contributed by atoms with Crippen LogP contribution in [-0.4, -0.2) is 11.6 Å². The lowest BCUT2D eigenvalue weighted by Gasteiger charge is -2.07. The molecule has 2 rings (SSSR count). The number of aryl methyl sites for hydroxylation is 1. The van der Waals surface area contributed by atoms with Crippen molar-refractivity contribution >= 4 is 0 Å². The van der Waals surface area contributed by atoms with Gasteiger partial charge < -0.3 is 10.5 Å². The maximum atomic E-state index is 13.6. The number of hydrogen-bond acceptors (Lipinski definition) is 3. The zero-order valence-corrected chi connectivity index (χ0v) is 11.4. The first-order valence-corrected chi connectivity index (χ1v) is 6.73. The van der Waals surface area contributed by atoms with Crippen LogP contribution in [0.1, 0.15) is 23.1 Å². The molecule has 0 atom stereocenters. The van der Waals surface area contributed by atoms with Crippen molar-refractivity contribution in [1.82, 2.24) is 4.98 Å². The molecule has 1 aromatic carbocycles. The molecule has 0 radical (unpaired) electrons. The predicted molar refractivity (Wildman–Crippen MR) is 76.5 cm³/mol. The summed E-state index contributed by atoms with van der Waals surface area (Å²) < 4.78 is 19.1. The number of halogens is 1. The summed E-state index contributed by atoms with van der Waals surface area (Å²) in [5, 5.41) is 0. The maximum absolute atomic E-state index is 13.6.